The van der Waals surface area contributed by atoms with Crippen molar-refractivity contribution in [3.8, 4) is 11.5 Å². The van der Waals surface area contributed by atoms with Crippen LogP contribution in [0.1, 0.15) is 268 Å². The molecule has 0 spiro atoms. The largest absolute Gasteiger partial charge is 0.490 e. The first-order chi connectivity index (χ1) is 34.7. The maximum Gasteiger partial charge on any atom is 0.161 e. The van der Waals surface area contributed by atoms with Gasteiger partial charge in [0.25, 0.3) is 0 Å². The summed E-state index contributed by atoms with van der Waals surface area (Å²) in [5, 5.41) is 2.50. The number of unbranched alkanes of at least 4 members (excludes halogenated alkanes) is 36. The summed E-state index contributed by atoms with van der Waals surface area (Å²) < 4.78 is 26.8. The Hall–Kier alpha value is -0.380. The van der Waals surface area contributed by atoms with E-state index in [-0.39, 0.29) is 12.2 Å². The van der Waals surface area contributed by atoms with E-state index in [2.05, 4.69) is 74.8 Å². The molecular weight excluding hydrogens is 937 g/mol. The summed E-state index contributed by atoms with van der Waals surface area (Å²) in [6.07, 6.45) is 54.5. The zero-order valence-electron chi connectivity index (χ0n) is 45.2. The summed E-state index contributed by atoms with van der Waals surface area (Å²) in [6.45, 7) is 3.15. The van der Waals surface area contributed by atoms with Crippen LogP contribution < -0.4 is 9.47 Å². The molecule has 2 aromatic carbocycles. The minimum absolute atomic E-state index is 0.101. The molecule has 406 valence electrons. The van der Waals surface area contributed by atoms with Gasteiger partial charge in [0.05, 0.1) is 25.4 Å². The minimum atomic E-state index is 0.101. The van der Waals surface area contributed by atoms with Gasteiger partial charge in [0, 0.05) is 26.1 Å². The standard InChI is InChI=1S/C62H110O4S4/c67-45-37-29-21-13-5-1-9-17-25-33-41-63-59-51-55-49-57-53-61(65-43-35-27-19-11-3-7-15-23-31-39-47-69)62(66-44-36-28-20-12-4-8-16-24-32-40-48-70)54-58(57)50-56(55)52-60(59)64-42-34-26-18-10-2-6-14-22-30-38-46-68/h49-52,61-62,67-70H,1-48,53-54H2. The second-order valence-electron chi connectivity index (χ2n) is 21.2. The summed E-state index contributed by atoms with van der Waals surface area (Å²) in [6, 6.07) is 9.43. The lowest BCUT2D eigenvalue weighted by Gasteiger charge is -2.33. The van der Waals surface area contributed by atoms with E-state index < -0.39 is 0 Å². The summed E-state index contributed by atoms with van der Waals surface area (Å²) in [4.78, 5) is 0. The minimum Gasteiger partial charge on any atom is -0.490 e. The lowest BCUT2D eigenvalue weighted by Crippen LogP contribution is -2.39. The highest BCUT2D eigenvalue weighted by molar-refractivity contribution is 7.80. The molecule has 0 fully saturated rings. The Balaban J connectivity index is 1.59. The van der Waals surface area contributed by atoms with Crippen LogP contribution in [0.3, 0.4) is 0 Å². The third kappa shape index (κ3) is 32.8. The van der Waals surface area contributed by atoms with Crippen molar-refractivity contribution in [2.45, 2.75) is 282 Å². The average molecular weight is 1050 g/mol. The van der Waals surface area contributed by atoms with E-state index in [1.54, 1.807) is 0 Å². The molecule has 1 aliphatic carbocycles. The van der Waals surface area contributed by atoms with Crippen LogP contribution >= 0.6 is 50.5 Å². The Morgan fingerprint density at radius 3 is 0.729 bits per heavy atom. The number of ether oxygens (including phenoxy) is 4. The Bertz CT molecular complexity index is 1350. The first-order valence-corrected chi connectivity index (χ1v) is 32.7. The van der Waals surface area contributed by atoms with Crippen LogP contribution in [0.4, 0.5) is 0 Å². The maximum absolute atomic E-state index is 6.80. The van der Waals surface area contributed by atoms with Gasteiger partial charge in [0.15, 0.2) is 11.5 Å². The van der Waals surface area contributed by atoms with Crippen molar-refractivity contribution in [2.75, 3.05) is 49.4 Å². The highest BCUT2D eigenvalue weighted by Crippen LogP contribution is 2.37. The van der Waals surface area contributed by atoms with Crippen molar-refractivity contribution in [3.05, 3.63) is 35.4 Å². The van der Waals surface area contributed by atoms with Gasteiger partial charge in [-0.05, 0) is 108 Å². The topological polar surface area (TPSA) is 36.9 Å². The molecule has 0 N–H and O–H groups in total. The Labute approximate surface area is 455 Å². The van der Waals surface area contributed by atoms with Crippen LogP contribution in [0.5, 0.6) is 11.5 Å². The van der Waals surface area contributed by atoms with Gasteiger partial charge in [0.1, 0.15) is 0 Å². The van der Waals surface area contributed by atoms with Crippen molar-refractivity contribution in [2.24, 2.45) is 0 Å². The molecule has 0 amide bonds. The van der Waals surface area contributed by atoms with E-state index >= 15 is 0 Å². The van der Waals surface area contributed by atoms with Gasteiger partial charge in [-0.1, -0.05) is 218 Å². The van der Waals surface area contributed by atoms with E-state index in [0.29, 0.717) is 0 Å². The van der Waals surface area contributed by atoms with E-state index in [1.807, 2.05) is 0 Å². The van der Waals surface area contributed by atoms with Gasteiger partial charge >= 0.3 is 0 Å². The number of hydrogen-bond donors (Lipinski definition) is 4. The third-order valence-corrected chi connectivity index (χ3v) is 16.1. The molecule has 70 heavy (non-hydrogen) atoms. The van der Waals surface area contributed by atoms with Gasteiger partial charge < -0.3 is 18.9 Å². The zero-order chi connectivity index (χ0) is 49.6. The molecule has 0 saturated carbocycles. The van der Waals surface area contributed by atoms with E-state index in [4.69, 9.17) is 18.9 Å². The van der Waals surface area contributed by atoms with E-state index in [1.165, 1.54) is 253 Å². The van der Waals surface area contributed by atoms with Crippen molar-refractivity contribution in [1.29, 1.82) is 0 Å². The van der Waals surface area contributed by atoms with Crippen LogP contribution in [-0.4, -0.2) is 61.6 Å². The van der Waals surface area contributed by atoms with Crippen molar-refractivity contribution in [3.63, 3.8) is 0 Å². The van der Waals surface area contributed by atoms with Crippen molar-refractivity contribution < 1.29 is 18.9 Å². The monoisotopic (exact) mass is 1050 g/mol. The summed E-state index contributed by atoms with van der Waals surface area (Å²) in [7, 11) is 0. The van der Waals surface area contributed by atoms with Crippen LogP contribution in [0.25, 0.3) is 10.8 Å². The third-order valence-electron chi connectivity index (χ3n) is 14.9. The number of thiol groups is 4. The predicted octanol–water partition coefficient (Wildman–Crippen LogP) is 19.8. The molecule has 8 heteroatoms. The summed E-state index contributed by atoms with van der Waals surface area (Å²) in [5.74, 6) is 5.93. The van der Waals surface area contributed by atoms with Gasteiger partial charge in [-0.2, -0.15) is 50.5 Å². The van der Waals surface area contributed by atoms with Gasteiger partial charge in [0.2, 0.25) is 0 Å². The van der Waals surface area contributed by atoms with Gasteiger partial charge in [-0.3, -0.25) is 0 Å². The quantitative estimate of drug-likeness (QED) is 0.0393. The first-order valence-electron chi connectivity index (χ1n) is 30.2. The Morgan fingerprint density at radius 1 is 0.271 bits per heavy atom. The smallest absolute Gasteiger partial charge is 0.161 e. The molecule has 4 nitrogen and oxygen atoms in total. The lowest BCUT2D eigenvalue weighted by atomic mass is 9.85. The molecule has 0 bridgehead atoms. The first kappa shape index (κ1) is 63.9. The molecule has 2 atom stereocenters. The van der Waals surface area contributed by atoms with Gasteiger partial charge in [-0.25, -0.2) is 0 Å². The summed E-state index contributed by atoms with van der Waals surface area (Å²) >= 11 is 17.4. The van der Waals surface area contributed by atoms with Crippen LogP contribution in [0, 0.1) is 0 Å². The lowest BCUT2D eigenvalue weighted by molar-refractivity contribution is -0.0783. The molecular formula is C62H110O4S4. The fourth-order valence-corrected chi connectivity index (χ4v) is 11.3. The van der Waals surface area contributed by atoms with E-state index in [0.717, 1.165) is 99.5 Å². The van der Waals surface area contributed by atoms with Crippen LogP contribution in [-0.2, 0) is 22.3 Å². The fourth-order valence-electron chi connectivity index (χ4n) is 10.4. The Kier molecular flexibility index (Phi) is 43.0. The molecule has 0 radical (unpaired) electrons. The molecule has 0 heterocycles. The van der Waals surface area contributed by atoms with Gasteiger partial charge in [-0.15, -0.1) is 0 Å². The number of fused-ring (bicyclic) bond motifs is 2. The normalized spacial score (nSPS) is 14.7. The average Bonchev–Trinajstić information content (AvgIpc) is 3.37. The molecule has 0 aliphatic heterocycles. The fraction of sp³-hybridized carbons (Fsp3) is 0.839. The Morgan fingerprint density at radius 2 is 0.486 bits per heavy atom. The highest BCUT2D eigenvalue weighted by atomic mass is 32.1. The molecule has 2 aromatic rings. The van der Waals surface area contributed by atoms with Crippen molar-refractivity contribution >= 4 is 61.3 Å². The second kappa shape index (κ2) is 47.1. The predicted molar refractivity (Wildman–Crippen MR) is 322 cm³/mol. The molecule has 1 aliphatic rings. The number of hydrogen-bond acceptors (Lipinski definition) is 8. The SMILES string of the molecule is SCCCCCCCCCCCCOc1cc2cc3c(cc2cc1OCCCCCCCCCCCCS)CC(OCCCCCCCCCCCCS)C(OCCCCCCCCCCCCS)C3. The van der Waals surface area contributed by atoms with Crippen LogP contribution in [0.2, 0.25) is 0 Å². The summed E-state index contributed by atoms with van der Waals surface area (Å²) in [5.41, 5.74) is 2.83. The molecule has 0 saturated heterocycles. The molecule has 2 unspecified atom stereocenters. The number of benzene rings is 2. The maximum atomic E-state index is 6.80. The van der Waals surface area contributed by atoms with Crippen molar-refractivity contribution in [1.82, 2.24) is 0 Å². The van der Waals surface area contributed by atoms with Crippen LogP contribution in [0.15, 0.2) is 24.3 Å². The zero-order valence-corrected chi connectivity index (χ0v) is 48.8. The van der Waals surface area contributed by atoms with E-state index in [9.17, 15) is 0 Å². The highest BCUT2D eigenvalue weighted by Gasteiger charge is 2.30. The molecule has 3 rings (SSSR count). The molecule has 0 aromatic heterocycles. The number of rotatable bonds is 52. The second-order valence-corrected chi connectivity index (χ2v) is 23.0.